The second kappa shape index (κ2) is 10.5. The number of halogens is 2. The molecule has 0 unspecified atom stereocenters. The predicted octanol–water partition coefficient (Wildman–Crippen LogP) is 3.57. The van der Waals surface area contributed by atoms with E-state index < -0.39 is 0 Å². The number of hydrogen-bond acceptors (Lipinski definition) is 3. The van der Waals surface area contributed by atoms with Crippen molar-refractivity contribution in [3.8, 4) is 0 Å². The molecule has 0 heterocycles. The Bertz CT molecular complexity index is 447. The van der Waals surface area contributed by atoms with E-state index in [0.29, 0.717) is 45.1 Å². The Morgan fingerprint density at radius 3 is 2.29 bits per heavy atom. The Hall–Kier alpha value is -0.180. The van der Waals surface area contributed by atoms with Crippen molar-refractivity contribution in [2.24, 2.45) is 0 Å². The minimum atomic E-state index is -0.000188. The summed E-state index contributed by atoms with van der Waals surface area (Å²) in [7, 11) is 0. The van der Waals surface area contributed by atoms with Crippen molar-refractivity contribution in [2.45, 2.75) is 13.8 Å². The van der Waals surface area contributed by atoms with Crippen LogP contribution in [0.5, 0.6) is 0 Å². The molecule has 1 amide bonds. The van der Waals surface area contributed by atoms with Gasteiger partial charge in [0, 0.05) is 34.3 Å². The zero-order valence-corrected chi connectivity index (χ0v) is 16.1. The molecule has 0 aliphatic rings. The van der Waals surface area contributed by atoms with Crippen molar-refractivity contribution in [3.05, 3.63) is 31.8 Å². The summed E-state index contributed by atoms with van der Waals surface area (Å²) >= 11 is 5.66. The van der Waals surface area contributed by atoms with Gasteiger partial charge in [-0.15, -0.1) is 0 Å². The molecule has 0 saturated heterocycles. The highest BCUT2D eigenvalue weighted by molar-refractivity contribution is 14.1. The van der Waals surface area contributed by atoms with Crippen LogP contribution in [0.25, 0.3) is 0 Å². The second-order valence-corrected chi connectivity index (χ2v) is 6.41. The van der Waals surface area contributed by atoms with Gasteiger partial charge in [-0.1, -0.05) is 0 Å². The van der Waals surface area contributed by atoms with Crippen LogP contribution < -0.4 is 0 Å². The lowest BCUT2D eigenvalue weighted by Crippen LogP contribution is -2.37. The van der Waals surface area contributed by atoms with Crippen LogP contribution in [0.1, 0.15) is 24.2 Å². The molecule has 0 bridgehead atoms. The maximum absolute atomic E-state index is 12.7. The van der Waals surface area contributed by atoms with E-state index in [1.807, 2.05) is 32.0 Å². The smallest absolute Gasteiger partial charge is 0.255 e. The average Bonchev–Trinajstić information content (AvgIpc) is 2.48. The third-order valence-corrected chi connectivity index (χ3v) is 4.23. The Morgan fingerprint density at radius 2 is 1.76 bits per heavy atom. The first-order valence-electron chi connectivity index (χ1n) is 7.00. The van der Waals surface area contributed by atoms with Gasteiger partial charge in [0.25, 0.3) is 5.91 Å². The minimum absolute atomic E-state index is 0.000188. The third kappa shape index (κ3) is 6.63. The number of amides is 1. The summed E-state index contributed by atoms with van der Waals surface area (Å²) in [6.45, 7) is 7.41. The van der Waals surface area contributed by atoms with E-state index in [1.165, 1.54) is 0 Å². The molecule has 0 aromatic heterocycles. The van der Waals surface area contributed by atoms with Gasteiger partial charge in [-0.25, -0.2) is 0 Å². The summed E-state index contributed by atoms with van der Waals surface area (Å²) in [5.74, 6) is -0.000188. The fourth-order valence-corrected chi connectivity index (χ4v) is 2.69. The molecule has 0 fully saturated rings. The van der Waals surface area contributed by atoms with Gasteiger partial charge in [-0.3, -0.25) is 4.79 Å². The molecular formula is C15H21BrINO3. The highest BCUT2D eigenvalue weighted by atomic mass is 127. The second-order valence-electron chi connectivity index (χ2n) is 4.31. The Morgan fingerprint density at radius 1 is 1.19 bits per heavy atom. The monoisotopic (exact) mass is 469 g/mol. The summed E-state index contributed by atoms with van der Waals surface area (Å²) in [5.41, 5.74) is 0.676. The zero-order valence-electron chi connectivity index (χ0n) is 12.4. The van der Waals surface area contributed by atoms with E-state index >= 15 is 0 Å². The van der Waals surface area contributed by atoms with Crippen LogP contribution in [-0.4, -0.2) is 50.3 Å². The standard InChI is InChI=1S/C15H21BrINO3/c1-3-20-9-7-18(8-10-21-4-2)15(19)13-11-12(17)5-6-14(13)16/h5-6,11H,3-4,7-10H2,1-2H3. The van der Waals surface area contributed by atoms with Crippen molar-refractivity contribution in [1.29, 1.82) is 0 Å². The quantitative estimate of drug-likeness (QED) is 0.410. The van der Waals surface area contributed by atoms with Crippen LogP contribution in [0.15, 0.2) is 22.7 Å². The van der Waals surface area contributed by atoms with E-state index in [1.54, 1.807) is 4.90 Å². The minimum Gasteiger partial charge on any atom is -0.380 e. The number of carbonyl (C=O) groups is 1. The van der Waals surface area contributed by atoms with E-state index in [2.05, 4.69) is 38.5 Å². The highest BCUT2D eigenvalue weighted by Gasteiger charge is 2.18. The highest BCUT2D eigenvalue weighted by Crippen LogP contribution is 2.21. The molecule has 4 nitrogen and oxygen atoms in total. The normalized spacial score (nSPS) is 10.7. The Balaban J connectivity index is 2.79. The number of rotatable bonds is 9. The number of benzene rings is 1. The van der Waals surface area contributed by atoms with Gasteiger partial charge in [-0.2, -0.15) is 0 Å². The fraction of sp³-hybridized carbons (Fsp3) is 0.533. The predicted molar refractivity (Wildman–Crippen MR) is 95.7 cm³/mol. The van der Waals surface area contributed by atoms with Crippen LogP contribution >= 0.6 is 38.5 Å². The third-order valence-electron chi connectivity index (χ3n) is 2.87. The molecule has 0 saturated carbocycles. The maximum atomic E-state index is 12.7. The Labute approximate surface area is 148 Å². The van der Waals surface area contributed by atoms with Crippen LogP contribution in [-0.2, 0) is 9.47 Å². The summed E-state index contributed by atoms with van der Waals surface area (Å²) < 4.78 is 12.6. The molecule has 1 aromatic carbocycles. The van der Waals surface area contributed by atoms with Gasteiger partial charge in [0.15, 0.2) is 0 Å². The van der Waals surface area contributed by atoms with E-state index in [4.69, 9.17) is 9.47 Å². The number of ether oxygens (including phenoxy) is 2. The first-order valence-corrected chi connectivity index (χ1v) is 8.87. The van der Waals surface area contributed by atoms with E-state index in [9.17, 15) is 4.79 Å². The topological polar surface area (TPSA) is 38.8 Å². The summed E-state index contributed by atoms with van der Waals surface area (Å²) in [6.07, 6.45) is 0. The first kappa shape index (κ1) is 18.9. The van der Waals surface area contributed by atoms with Gasteiger partial charge >= 0.3 is 0 Å². The van der Waals surface area contributed by atoms with Crippen LogP contribution in [0.2, 0.25) is 0 Å². The number of nitrogens with zero attached hydrogens (tertiary/aromatic N) is 1. The van der Waals surface area contributed by atoms with Gasteiger partial charge < -0.3 is 14.4 Å². The van der Waals surface area contributed by atoms with Gasteiger partial charge in [-0.05, 0) is 70.6 Å². The van der Waals surface area contributed by atoms with Crippen molar-refractivity contribution in [2.75, 3.05) is 39.5 Å². The fourth-order valence-electron chi connectivity index (χ4n) is 1.78. The average molecular weight is 470 g/mol. The molecule has 0 aliphatic heterocycles. The largest absolute Gasteiger partial charge is 0.380 e. The van der Waals surface area contributed by atoms with E-state index in [-0.39, 0.29) is 5.91 Å². The molecular weight excluding hydrogens is 449 g/mol. The molecule has 118 valence electrons. The molecule has 21 heavy (non-hydrogen) atoms. The molecule has 6 heteroatoms. The SMILES string of the molecule is CCOCCN(CCOCC)C(=O)c1cc(I)ccc1Br. The van der Waals surface area contributed by atoms with Crippen molar-refractivity contribution >= 4 is 44.4 Å². The van der Waals surface area contributed by atoms with Crippen molar-refractivity contribution in [1.82, 2.24) is 4.90 Å². The lowest BCUT2D eigenvalue weighted by Gasteiger charge is -2.23. The zero-order chi connectivity index (χ0) is 15.7. The van der Waals surface area contributed by atoms with Gasteiger partial charge in [0.1, 0.15) is 0 Å². The summed E-state index contributed by atoms with van der Waals surface area (Å²) in [6, 6.07) is 5.76. The van der Waals surface area contributed by atoms with Crippen molar-refractivity contribution < 1.29 is 14.3 Å². The van der Waals surface area contributed by atoms with Crippen molar-refractivity contribution in [3.63, 3.8) is 0 Å². The molecule has 0 spiro atoms. The summed E-state index contributed by atoms with van der Waals surface area (Å²) in [5, 5.41) is 0. The van der Waals surface area contributed by atoms with E-state index in [0.717, 1.165) is 8.04 Å². The van der Waals surface area contributed by atoms with Gasteiger partial charge in [0.05, 0.1) is 18.8 Å². The Kier molecular flexibility index (Phi) is 9.46. The number of hydrogen-bond donors (Lipinski definition) is 0. The molecule has 1 rings (SSSR count). The summed E-state index contributed by atoms with van der Waals surface area (Å²) in [4.78, 5) is 14.5. The molecule has 0 radical (unpaired) electrons. The first-order chi connectivity index (χ1) is 10.1. The number of carbonyl (C=O) groups excluding carboxylic acids is 1. The van der Waals surface area contributed by atoms with Gasteiger partial charge in [0.2, 0.25) is 0 Å². The van der Waals surface area contributed by atoms with Crippen LogP contribution in [0.3, 0.4) is 0 Å². The molecule has 1 aromatic rings. The van der Waals surface area contributed by atoms with Crippen LogP contribution in [0, 0.1) is 3.57 Å². The maximum Gasteiger partial charge on any atom is 0.255 e. The van der Waals surface area contributed by atoms with Crippen LogP contribution in [0.4, 0.5) is 0 Å². The lowest BCUT2D eigenvalue weighted by molar-refractivity contribution is 0.0549. The molecule has 0 atom stereocenters. The molecule has 0 N–H and O–H groups in total. The molecule has 0 aliphatic carbocycles. The lowest BCUT2D eigenvalue weighted by atomic mass is 10.2.